The van der Waals surface area contributed by atoms with E-state index in [2.05, 4.69) is 16.0 Å². The van der Waals surface area contributed by atoms with E-state index in [0.717, 1.165) is 21.8 Å². The summed E-state index contributed by atoms with van der Waals surface area (Å²) in [5.41, 5.74) is 3.43. The second-order valence-electron chi connectivity index (χ2n) is 8.46. The number of rotatable bonds is 9. The van der Waals surface area contributed by atoms with Gasteiger partial charge in [-0.05, 0) is 66.7 Å². The molecule has 1 unspecified atom stereocenters. The van der Waals surface area contributed by atoms with Crippen LogP contribution in [0.1, 0.15) is 16.4 Å². The molecule has 0 aliphatic heterocycles. The molecule has 0 saturated carbocycles. The van der Waals surface area contributed by atoms with E-state index in [0.29, 0.717) is 22.1 Å². The number of carbonyl (C=O) groups excluding carboxylic acids is 1. The molecule has 0 aliphatic rings. The van der Waals surface area contributed by atoms with E-state index in [1.54, 1.807) is 20.1 Å². The molecule has 0 spiro atoms. The molecular formula is C29H26N4O4S2. The normalized spacial score (nSPS) is 11.2. The van der Waals surface area contributed by atoms with Crippen LogP contribution in [0.3, 0.4) is 0 Å². The molecule has 3 N–H and O–H groups in total. The van der Waals surface area contributed by atoms with E-state index in [9.17, 15) is 14.9 Å². The summed E-state index contributed by atoms with van der Waals surface area (Å²) in [6.45, 7) is 1.73. The summed E-state index contributed by atoms with van der Waals surface area (Å²) in [6.07, 6.45) is 0. The van der Waals surface area contributed by atoms with Gasteiger partial charge < -0.3 is 20.7 Å². The molecule has 4 aromatic carbocycles. The van der Waals surface area contributed by atoms with Gasteiger partial charge in [-0.25, -0.2) is 0 Å². The first-order chi connectivity index (χ1) is 18.8. The number of hydrogen-bond acceptors (Lipinski definition) is 6. The maximum atomic E-state index is 13.5. The number of aryl methyl sites for hydroxylation is 1. The molecule has 0 saturated heterocycles. The Labute approximate surface area is 235 Å². The first kappa shape index (κ1) is 27.6. The van der Waals surface area contributed by atoms with Crippen molar-refractivity contribution in [1.82, 2.24) is 0 Å². The molecular weight excluding hydrogens is 532 g/mol. The third-order valence-corrected chi connectivity index (χ3v) is 7.17. The van der Waals surface area contributed by atoms with Crippen molar-refractivity contribution in [3.8, 4) is 5.75 Å². The number of carbonyl (C=O) groups is 1. The van der Waals surface area contributed by atoms with Gasteiger partial charge in [0.15, 0.2) is 5.11 Å². The van der Waals surface area contributed by atoms with Gasteiger partial charge in [0, 0.05) is 28.4 Å². The van der Waals surface area contributed by atoms with Gasteiger partial charge in [0.05, 0.1) is 17.7 Å². The number of thioether (sulfide) groups is 1. The number of ether oxygens (including phenoxy) is 1. The first-order valence-electron chi connectivity index (χ1n) is 11.9. The highest BCUT2D eigenvalue weighted by Gasteiger charge is 2.23. The Balaban J connectivity index is 1.51. The van der Waals surface area contributed by atoms with Crippen LogP contribution in [0.5, 0.6) is 5.75 Å². The lowest BCUT2D eigenvalue weighted by Crippen LogP contribution is -2.20. The van der Waals surface area contributed by atoms with Crippen LogP contribution in [0.15, 0.2) is 102 Å². The predicted molar refractivity (Wildman–Crippen MR) is 161 cm³/mol. The molecule has 10 heteroatoms. The van der Waals surface area contributed by atoms with Crippen LogP contribution in [0.25, 0.3) is 0 Å². The van der Waals surface area contributed by atoms with E-state index < -0.39 is 10.2 Å². The minimum Gasteiger partial charge on any atom is -0.495 e. The van der Waals surface area contributed by atoms with Crippen molar-refractivity contribution in [2.45, 2.75) is 17.1 Å². The third-order valence-electron chi connectivity index (χ3n) is 5.72. The van der Waals surface area contributed by atoms with Gasteiger partial charge in [-0.2, -0.15) is 0 Å². The van der Waals surface area contributed by atoms with Crippen LogP contribution < -0.4 is 20.7 Å². The highest BCUT2D eigenvalue weighted by molar-refractivity contribution is 8.00. The van der Waals surface area contributed by atoms with Gasteiger partial charge in [0.1, 0.15) is 11.0 Å². The van der Waals surface area contributed by atoms with Crippen LogP contribution in [0.2, 0.25) is 0 Å². The number of benzene rings is 4. The molecule has 0 radical (unpaired) electrons. The number of non-ortho nitro benzene ring substituents is 1. The fourth-order valence-corrected chi connectivity index (χ4v) is 5.13. The smallest absolute Gasteiger partial charge is 0.269 e. The molecule has 198 valence electrons. The lowest BCUT2D eigenvalue weighted by Gasteiger charge is -2.19. The first-order valence-corrected chi connectivity index (χ1v) is 13.2. The maximum absolute atomic E-state index is 13.5. The lowest BCUT2D eigenvalue weighted by atomic mass is 10.1. The maximum Gasteiger partial charge on any atom is 0.269 e. The number of amides is 1. The van der Waals surface area contributed by atoms with Crippen molar-refractivity contribution >= 4 is 57.7 Å². The fraction of sp³-hybridized carbons (Fsp3) is 0.103. The Morgan fingerprint density at radius 2 is 1.64 bits per heavy atom. The monoisotopic (exact) mass is 558 g/mol. The summed E-state index contributed by atoms with van der Waals surface area (Å²) in [7, 11) is 1.60. The molecule has 4 aromatic rings. The standard InChI is InChI=1S/C29H26N4O4S2/c1-19-17-22(33(35)36)15-16-24(19)31-28(34)27(20-9-4-3-5-10-20)39-23-12-8-11-21(18-23)30-29(38)32-25-13-6-7-14-26(25)37-2/h3-18,27H,1-2H3,(H,31,34)(H2,30,32,38). The average molecular weight is 559 g/mol. The van der Waals surface area contributed by atoms with Gasteiger partial charge in [0.2, 0.25) is 5.91 Å². The highest BCUT2D eigenvalue weighted by Crippen LogP contribution is 2.37. The number of nitrogens with zero attached hydrogens (tertiary/aromatic N) is 1. The Morgan fingerprint density at radius 1 is 0.897 bits per heavy atom. The van der Waals surface area contributed by atoms with Gasteiger partial charge in [-0.15, -0.1) is 11.8 Å². The molecule has 1 atom stereocenters. The number of para-hydroxylation sites is 2. The molecule has 4 rings (SSSR count). The number of thiocarbonyl (C=S) groups is 1. The van der Waals surface area contributed by atoms with Crippen LogP contribution >= 0.6 is 24.0 Å². The summed E-state index contributed by atoms with van der Waals surface area (Å²) in [6, 6.07) is 28.9. The molecule has 1 amide bonds. The van der Waals surface area contributed by atoms with E-state index >= 15 is 0 Å². The van der Waals surface area contributed by atoms with Crippen molar-refractivity contribution in [2.24, 2.45) is 0 Å². The largest absolute Gasteiger partial charge is 0.495 e. The number of nitro groups is 1. The highest BCUT2D eigenvalue weighted by atomic mass is 32.2. The predicted octanol–water partition coefficient (Wildman–Crippen LogP) is 7.19. The number of nitrogens with one attached hydrogen (secondary N) is 3. The van der Waals surface area contributed by atoms with Gasteiger partial charge in [0.25, 0.3) is 5.69 Å². The molecule has 0 aliphatic carbocycles. The van der Waals surface area contributed by atoms with E-state index in [1.807, 2.05) is 78.9 Å². The Morgan fingerprint density at radius 3 is 2.36 bits per heavy atom. The van der Waals surface area contributed by atoms with E-state index in [1.165, 1.54) is 23.9 Å². The zero-order chi connectivity index (χ0) is 27.8. The summed E-state index contributed by atoms with van der Waals surface area (Å²) >= 11 is 6.88. The number of methoxy groups -OCH3 is 1. The molecule has 0 heterocycles. The Bertz CT molecular complexity index is 1500. The van der Waals surface area contributed by atoms with Crippen molar-refractivity contribution in [1.29, 1.82) is 0 Å². The molecule has 0 aromatic heterocycles. The molecule has 39 heavy (non-hydrogen) atoms. The minimum absolute atomic E-state index is 0.0260. The Kier molecular flexibility index (Phi) is 9.14. The summed E-state index contributed by atoms with van der Waals surface area (Å²) in [5, 5.41) is 20.2. The van der Waals surface area contributed by atoms with Gasteiger partial charge in [-0.1, -0.05) is 48.5 Å². The van der Waals surface area contributed by atoms with E-state index in [4.69, 9.17) is 17.0 Å². The second kappa shape index (κ2) is 12.9. The van der Waals surface area contributed by atoms with Gasteiger partial charge in [-0.3, -0.25) is 14.9 Å². The number of anilines is 3. The topological polar surface area (TPSA) is 106 Å². The number of hydrogen-bond donors (Lipinski definition) is 3. The molecule has 0 bridgehead atoms. The second-order valence-corrected chi connectivity index (χ2v) is 10.0. The van der Waals surface area contributed by atoms with Crippen molar-refractivity contribution in [3.05, 3.63) is 118 Å². The zero-order valence-corrected chi connectivity index (χ0v) is 22.8. The number of nitro benzene ring substituents is 1. The van der Waals surface area contributed by atoms with Crippen molar-refractivity contribution in [3.63, 3.8) is 0 Å². The van der Waals surface area contributed by atoms with Crippen molar-refractivity contribution in [2.75, 3.05) is 23.1 Å². The Hall–Kier alpha value is -4.41. The molecule has 8 nitrogen and oxygen atoms in total. The zero-order valence-electron chi connectivity index (χ0n) is 21.2. The lowest BCUT2D eigenvalue weighted by molar-refractivity contribution is -0.384. The minimum atomic E-state index is -0.574. The fourth-order valence-electron chi connectivity index (χ4n) is 3.82. The summed E-state index contributed by atoms with van der Waals surface area (Å²) < 4.78 is 5.37. The third kappa shape index (κ3) is 7.34. The molecule has 0 fully saturated rings. The van der Waals surface area contributed by atoms with Crippen molar-refractivity contribution < 1.29 is 14.5 Å². The average Bonchev–Trinajstić information content (AvgIpc) is 2.93. The van der Waals surface area contributed by atoms with Gasteiger partial charge >= 0.3 is 0 Å². The van der Waals surface area contributed by atoms with E-state index in [-0.39, 0.29) is 11.6 Å². The summed E-state index contributed by atoms with van der Waals surface area (Å²) in [4.78, 5) is 25.0. The van der Waals surface area contributed by atoms with Crippen LogP contribution in [-0.2, 0) is 4.79 Å². The van der Waals surface area contributed by atoms with Crippen LogP contribution in [0, 0.1) is 17.0 Å². The van der Waals surface area contributed by atoms with Crippen LogP contribution in [-0.4, -0.2) is 23.1 Å². The quantitative estimate of drug-likeness (QED) is 0.0858. The SMILES string of the molecule is COc1ccccc1NC(=S)Nc1cccc(SC(C(=O)Nc2ccc([N+](=O)[O-])cc2C)c2ccccc2)c1. The summed E-state index contributed by atoms with van der Waals surface area (Å²) in [5.74, 6) is 0.431. The van der Waals surface area contributed by atoms with Crippen LogP contribution in [0.4, 0.5) is 22.7 Å².